The average molecular weight is 393 g/mol. The molecule has 1 aromatic carbocycles. The minimum atomic E-state index is -4.71. The molecule has 138 valence electrons. The van der Waals surface area contributed by atoms with Crippen LogP contribution in [0, 0.1) is 6.92 Å². The van der Waals surface area contributed by atoms with Crippen molar-refractivity contribution < 1.29 is 21.6 Å². The van der Waals surface area contributed by atoms with Gasteiger partial charge in [-0.05, 0) is 24.5 Å². The van der Waals surface area contributed by atoms with E-state index in [1.165, 1.54) is 14.1 Å². The van der Waals surface area contributed by atoms with E-state index in [9.17, 15) is 21.6 Å². The van der Waals surface area contributed by atoms with E-state index < -0.39 is 27.0 Å². The second-order valence-electron chi connectivity index (χ2n) is 5.51. The minimum Gasteiger partial charge on any atom is -0.189 e. The summed E-state index contributed by atoms with van der Waals surface area (Å²) in [5.74, 6) is 0. The van der Waals surface area contributed by atoms with Gasteiger partial charge in [0.2, 0.25) is 0 Å². The van der Waals surface area contributed by atoms with Crippen LogP contribution in [0.5, 0.6) is 0 Å². The van der Waals surface area contributed by atoms with Crippen molar-refractivity contribution in [3.8, 4) is 0 Å². The fourth-order valence-corrected chi connectivity index (χ4v) is 4.51. The van der Waals surface area contributed by atoms with E-state index in [2.05, 4.69) is 5.10 Å². The van der Waals surface area contributed by atoms with Gasteiger partial charge < -0.3 is 0 Å². The van der Waals surface area contributed by atoms with Gasteiger partial charge in [0.15, 0.2) is 0 Å². The summed E-state index contributed by atoms with van der Waals surface area (Å²) in [5, 5.41) is 3.04. The zero-order valence-corrected chi connectivity index (χ0v) is 15.8. The van der Waals surface area contributed by atoms with Crippen LogP contribution in [-0.2, 0) is 22.8 Å². The molecule has 25 heavy (non-hydrogen) atoms. The van der Waals surface area contributed by atoms with Gasteiger partial charge in [0.05, 0.1) is 6.20 Å². The first-order chi connectivity index (χ1) is 11.5. The number of hydrogen-bond acceptors (Lipinski definition) is 4. The van der Waals surface area contributed by atoms with Crippen molar-refractivity contribution in [2.45, 2.75) is 36.4 Å². The maximum absolute atomic E-state index is 13.4. The molecule has 0 unspecified atom stereocenters. The van der Waals surface area contributed by atoms with Gasteiger partial charge in [-0.25, -0.2) is 0 Å². The fraction of sp³-hybridized carbons (Fsp3) is 0.400. The van der Waals surface area contributed by atoms with Gasteiger partial charge in [0.25, 0.3) is 0 Å². The van der Waals surface area contributed by atoms with Crippen molar-refractivity contribution in [2.24, 2.45) is 0 Å². The van der Waals surface area contributed by atoms with E-state index in [0.717, 1.165) is 27.2 Å². The minimum absolute atomic E-state index is 0.437. The molecule has 0 aliphatic heterocycles. The Kier molecular flexibility index (Phi) is 5.55. The van der Waals surface area contributed by atoms with Crippen LogP contribution >= 0.6 is 11.8 Å². The van der Waals surface area contributed by atoms with E-state index in [-0.39, 0.29) is 0 Å². The number of alkyl halides is 3. The molecule has 0 atom stereocenters. The highest BCUT2D eigenvalue weighted by molar-refractivity contribution is 8.00. The molecule has 0 saturated carbocycles. The highest BCUT2D eigenvalue weighted by Crippen LogP contribution is 2.42. The standard InChI is InChI=1S/C15H18F3N3O2S2/c1-5-11-8-6-7-10(2)13(11)24-14-12(15(16,17)18)9-19-21(14)25(22,23)20(3)4/h6-9H,5H2,1-4H3. The van der Waals surface area contributed by atoms with Crippen LogP contribution in [0.25, 0.3) is 0 Å². The number of rotatable bonds is 5. The Balaban J connectivity index is 2.70. The smallest absolute Gasteiger partial charge is 0.189 e. The molecule has 5 nitrogen and oxygen atoms in total. The van der Waals surface area contributed by atoms with E-state index in [4.69, 9.17) is 0 Å². The van der Waals surface area contributed by atoms with E-state index in [1.807, 2.05) is 19.1 Å². The monoisotopic (exact) mass is 393 g/mol. The van der Waals surface area contributed by atoms with Gasteiger partial charge >= 0.3 is 16.4 Å². The summed E-state index contributed by atoms with van der Waals surface area (Å²) in [4.78, 5) is 0.603. The lowest BCUT2D eigenvalue weighted by Crippen LogP contribution is -2.30. The first kappa shape index (κ1) is 19.8. The van der Waals surface area contributed by atoms with Crippen molar-refractivity contribution in [1.82, 2.24) is 13.5 Å². The lowest BCUT2D eigenvalue weighted by atomic mass is 10.1. The van der Waals surface area contributed by atoms with Gasteiger partial charge in [-0.1, -0.05) is 36.9 Å². The lowest BCUT2D eigenvalue weighted by molar-refractivity contribution is -0.139. The zero-order chi connectivity index (χ0) is 19.0. The van der Waals surface area contributed by atoms with E-state index in [1.54, 1.807) is 13.0 Å². The summed E-state index contributed by atoms with van der Waals surface area (Å²) in [7, 11) is -1.70. The quantitative estimate of drug-likeness (QED) is 0.779. The van der Waals surface area contributed by atoms with Crippen LogP contribution in [0.15, 0.2) is 34.3 Å². The Labute approximate surface area is 149 Å². The molecule has 0 aliphatic carbocycles. The van der Waals surface area contributed by atoms with Crippen LogP contribution in [0.4, 0.5) is 13.2 Å². The van der Waals surface area contributed by atoms with E-state index >= 15 is 0 Å². The molecule has 0 aliphatic rings. The van der Waals surface area contributed by atoms with Crippen molar-refractivity contribution in [3.05, 3.63) is 41.1 Å². The molecule has 2 aromatic rings. The summed E-state index contributed by atoms with van der Waals surface area (Å²) in [6, 6.07) is 5.40. The van der Waals surface area contributed by atoms with Crippen LogP contribution in [0.1, 0.15) is 23.6 Å². The Morgan fingerprint density at radius 3 is 2.44 bits per heavy atom. The Hall–Kier alpha value is -1.52. The topological polar surface area (TPSA) is 55.2 Å². The highest BCUT2D eigenvalue weighted by atomic mass is 32.2. The molecule has 10 heteroatoms. The summed E-state index contributed by atoms with van der Waals surface area (Å²) >= 11 is 0.771. The van der Waals surface area contributed by atoms with E-state index in [0.29, 0.717) is 21.6 Å². The Bertz CT molecular complexity index is 875. The fourth-order valence-electron chi connectivity index (χ4n) is 2.16. The summed E-state index contributed by atoms with van der Waals surface area (Å²) in [5.41, 5.74) is 0.536. The molecular formula is C15H18F3N3O2S2. The Morgan fingerprint density at radius 1 is 1.28 bits per heavy atom. The molecule has 0 radical (unpaired) electrons. The molecule has 0 fully saturated rings. The first-order valence-corrected chi connectivity index (χ1v) is 9.56. The Morgan fingerprint density at radius 2 is 1.92 bits per heavy atom. The third-order valence-electron chi connectivity index (χ3n) is 3.55. The molecule has 0 spiro atoms. The largest absolute Gasteiger partial charge is 0.420 e. The van der Waals surface area contributed by atoms with Gasteiger partial charge in [-0.2, -0.15) is 31.0 Å². The predicted molar refractivity (Wildman–Crippen MR) is 89.9 cm³/mol. The highest BCUT2D eigenvalue weighted by Gasteiger charge is 2.39. The molecule has 1 heterocycles. The maximum Gasteiger partial charge on any atom is 0.420 e. The summed E-state index contributed by atoms with van der Waals surface area (Å²) < 4.78 is 66.1. The number of aromatic nitrogens is 2. The number of benzene rings is 1. The summed E-state index contributed by atoms with van der Waals surface area (Å²) in [6.07, 6.45) is -3.55. The predicted octanol–water partition coefficient (Wildman–Crippen LogP) is 3.58. The molecule has 0 amide bonds. The maximum atomic E-state index is 13.4. The molecule has 0 saturated heterocycles. The number of nitrogens with zero attached hydrogens (tertiary/aromatic N) is 3. The second-order valence-corrected chi connectivity index (χ2v) is 8.48. The van der Waals surface area contributed by atoms with Gasteiger partial charge in [-0.3, -0.25) is 0 Å². The van der Waals surface area contributed by atoms with Crippen LogP contribution in [0.2, 0.25) is 0 Å². The molecule has 1 aromatic heterocycles. The van der Waals surface area contributed by atoms with Crippen LogP contribution in [0.3, 0.4) is 0 Å². The SMILES string of the molecule is CCc1cccc(C)c1Sc1c(C(F)(F)F)cnn1S(=O)(=O)N(C)C. The van der Waals surface area contributed by atoms with Gasteiger partial charge in [0.1, 0.15) is 10.6 Å². The van der Waals surface area contributed by atoms with Crippen molar-refractivity contribution in [1.29, 1.82) is 0 Å². The summed E-state index contributed by atoms with van der Waals surface area (Å²) in [6.45, 7) is 3.66. The first-order valence-electron chi connectivity index (χ1n) is 7.34. The molecular weight excluding hydrogens is 375 g/mol. The number of halogens is 3. The number of aryl methyl sites for hydroxylation is 2. The van der Waals surface area contributed by atoms with Crippen LogP contribution < -0.4 is 0 Å². The molecule has 0 N–H and O–H groups in total. The second kappa shape index (κ2) is 7.00. The molecule has 0 bridgehead atoms. The van der Waals surface area contributed by atoms with Gasteiger partial charge in [-0.15, -0.1) is 4.09 Å². The van der Waals surface area contributed by atoms with Crippen molar-refractivity contribution >= 4 is 22.0 Å². The third-order valence-corrected chi connectivity index (χ3v) is 6.68. The normalized spacial score (nSPS) is 12.8. The van der Waals surface area contributed by atoms with Crippen molar-refractivity contribution in [2.75, 3.05) is 14.1 Å². The average Bonchev–Trinajstić information content (AvgIpc) is 2.93. The third kappa shape index (κ3) is 3.85. The number of hydrogen-bond donors (Lipinski definition) is 0. The van der Waals surface area contributed by atoms with Gasteiger partial charge in [0, 0.05) is 19.0 Å². The van der Waals surface area contributed by atoms with Crippen LogP contribution in [-0.4, -0.2) is 36.0 Å². The lowest BCUT2D eigenvalue weighted by Gasteiger charge is -2.17. The van der Waals surface area contributed by atoms with Crippen molar-refractivity contribution in [3.63, 3.8) is 0 Å². The molecule has 2 rings (SSSR count). The zero-order valence-electron chi connectivity index (χ0n) is 14.1.